The minimum Gasteiger partial charge on any atom is -0.497 e. The van der Waals surface area contributed by atoms with E-state index in [-0.39, 0.29) is 18.4 Å². The molecule has 1 heterocycles. The van der Waals surface area contributed by atoms with Crippen LogP contribution in [0.15, 0.2) is 29.8 Å². The fraction of sp³-hybridized carbons (Fsp3) is 0.476. The minimum atomic E-state index is -0.251. The Kier molecular flexibility index (Phi) is 7.46. The number of carbonyl (C=O) groups excluding carboxylic acids is 2. The van der Waals surface area contributed by atoms with Crippen molar-refractivity contribution in [3.05, 3.63) is 35.3 Å². The summed E-state index contributed by atoms with van der Waals surface area (Å²) in [5, 5.41) is 5.09. The van der Waals surface area contributed by atoms with E-state index in [9.17, 15) is 9.59 Å². The number of amides is 2. The van der Waals surface area contributed by atoms with Crippen molar-refractivity contribution in [1.82, 2.24) is 9.88 Å². The highest BCUT2D eigenvalue weighted by molar-refractivity contribution is 7.13. The number of carbonyl (C=O) groups is 2. The molecular formula is C21H27N3O4S. The minimum absolute atomic E-state index is 0.0194. The standard InChI is InChI=1S/C21H27N3O4S/c1-27-17-10-16(11-18(12-17)28-2)20(26)24(13-15-6-4-3-5-7-15)14-19(25)23-21-22-8-9-29-21/h8-12,15H,3-7,13-14H2,1-2H3,(H,22,23,25). The zero-order chi connectivity index (χ0) is 20.6. The van der Waals surface area contributed by atoms with Crippen LogP contribution in [0, 0.1) is 5.92 Å². The van der Waals surface area contributed by atoms with Gasteiger partial charge in [-0.15, -0.1) is 11.3 Å². The molecule has 1 aromatic carbocycles. The number of nitrogens with zero attached hydrogens (tertiary/aromatic N) is 2. The molecule has 1 aliphatic rings. The highest BCUT2D eigenvalue weighted by atomic mass is 32.1. The molecule has 0 atom stereocenters. The van der Waals surface area contributed by atoms with Gasteiger partial charge in [0.15, 0.2) is 5.13 Å². The fourth-order valence-corrected chi connectivity index (χ4v) is 4.18. The van der Waals surface area contributed by atoms with Crippen LogP contribution in [0.2, 0.25) is 0 Å². The maximum absolute atomic E-state index is 13.3. The number of hydrogen-bond acceptors (Lipinski definition) is 6. The van der Waals surface area contributed by atoms with Gasteiger partial charge < -0.3 is 19.7 Å². The van der Waals surface area contributed by atoms with Crippen LogP contribution in [0.4, 0.5) is 5.13 Å². The Bertz CT molecular complexity index is 797. The van der Waals surface area contributed by atoms with Gasteiger partial charge in [-0.05, 0) is 30.9 Å². The van der Waals surface area contributed by atoms with Gasteiger partial charge in [0.25, 0.3) is 5.91 Å². The van der Waals surface area contributed by atoms with Gasteiger partial charge in [0.2, 0.25) is 5.91 Å². The molecule has 29 heavy (non-hydrogen) atoms. The summed E-state index contributed by atoms with van der Waals surface area (Å²) >= 11 is 1.35. The molecule has 2 aromatic rings. The third kappa shape index (κ3) is 5.93. The molecule has 1 saturated carbocycles. The normalized spacial score (nSPS) is 14.3. The van der Waals surface area contributed by atoms with Crippen LogP contribution in [0.25, 0.3) is 0 Å². The fourth-order valence-electron chi connectivity index (χ4n) is 3.63. The first-order valence-corrected chi connectivity index (χ1v) is 10.7. The van der Waals surface area contributed by atoms with E-state index >= 15 is 0 Å². The molecule has 0 radical (unpaired) electrons. The predicted octanol–water partition coefficient (Wildman–Crippen LogP) is 3.82. The van der Waals surface area contributed by atoms with Crippen LogP contribution < -0.4 is 14.8 Å². The van der Waals surface area contributed by atoms with Gasteiger partial charge in [-0.1, -0.05) is 19.3 Å². The van der Waals surface area contributed by atoms with Gasteiger partial charge in [-0.3, -0.25) is 9.59 Å². The molecular weight excluding hydrogens is 390 g/mol. The first kappa shape index (κ1) is 21.1. The number of nitrogens with one attached hydrogen (secondary N) is 1. The number of aromatic nitrogens is 1. The first-order valence-electron chi connectivity index (χ1n) is 9.80. The lowest BCUT2D eigenvalue weighted by Crippen LogP contribution is -2.41. The summed E-state index contributed by atoms with van der Waals surface area (Å²) in [6.07, 6.45) is 7.38. The second-order valence-corrected chi connectivity index (χ2v) is 8.07. The number of anilines is 1. The molecule has 7 nitrogen and oxygen atoms in total. The van der Waals surface area contributed by atoms with Crippen molar-refractivity contribution in [2.45, 2.75) is 32.1 Å². The molecule has 8 heteroatoms. The van der Waals surface area contributed by atoms with Crippen molar-refractivity contribution >= 4 is 28.3 Å². The first-order chi connectivity index (χ1) is 14.1. The second-order valence-electron chi connectivity index (χ2n) is 7.18. The number of ether oxygens (including phenoxy) is 2. The lowest BCUT2D eigenvalue weighted by atomic mass is 9.89. The molecule has 0 unspecified atom stereocenters. The van der Waals surface area contributed by atoms with Gasteiger partial charge >= 0.3 is 0 Å². The summed E-state index contributed by atoms with van der Waals surface area (Å²) in [4.78, 5) is 31.6. The summed E-state index contributed by atoms with van der Waals surface area (Å²) in [5.74, 6) is 1.03. The van der Waals surface area contributed by atoms with Gasteiger partial charge in [0, 0.05) is 29.8 Å². The summed E-state index contributed by atoms with van der Waals surface area (Å²) in [6.45, 7) is 0.540. The van der Waals surface area contributed by atoms with Crippen LogP contribution in [-0.2, 0) is 4.79 Å². The smallest absolute Gasteiger partial charge is 0.254 e. The van der Waals surface area contributed by atoms with Gasteiger partial charge in [0.1, 0.15) is 18.0 Å². The molecule has 0 bridgehead atoms. The van der Waals surface area contributed by atoms with Gasteiger partial charge in [0.05, 0.1) is 14.2 Å². The molecule has 2 amide bonds. The Morgan fingerprint density at radius 3 is 2.41 bits per heavy atom. The van der Waals surface area contributed by atoms with Crippen molar-refractivity contribution in [3.8, 4) is 11.5 Å². The number of thiazole rings is 1. The summed E-state index contributed by atoms with van der Waals surface area (Å²) in [6, 6.07) is 5.08. The van der Waals surface area contributed by atoms with Crippen molar-refractivity contribution in [1.29, 1.82) is 0 Å². The molecule has 3 rings (SSSR count). The Morgan fingerprint density at radius 1 is 1.14 bits per heavy atom. The Balaban J connectivity index is 1.78. The molecule has 1 aliphatic carbocycles. The van der Waals surface area contributed by atoms with E-state index in [1.165, 1.54) is 30.6 Å². The maximum Gasteiger partial charge on any atom is 0.254 e. The number of benzene rings is 1. The second kappa shape index (κ2) is 10.2. The average molecular weight is 418 g/mol. The zero-order valence-corrected chi connectivity index (χ0v) is 17.7. The lowest BCUT2D eigenvalue weighted by molar-refractivity contribution is -0.117. The van der Waals surface area contributed by atoms with Crippen LogP contribution in [0.5, 0.6) is 11.5 Å². The SMILES string of the molecule is COc1cc(OC)cc(C(=O)N(CC(=O)Nc2nccs2)CC2CCCCC2)c1. The highest BCUT2D eigenvalue weighted by Gasteiger charge is 2.25. The summed E-state index contributed by atoms with van der Waals surface area (Å²) < 4.78 is 10.6. The largest absolute Gasteiger partial charge is 0.497 e. The van der Waals surface area contributed by atoms with Crippen LogP contribution in [0.3, 0.4) is 0 Å². The third-order valence-corrected chi connectivity index (χ3v) is 5.79. The van der Waals surface area contributed by atoms with Gasteiger partial charge in [-0.25, -0.2) is 4.98 Å². The van der Waals surface area contributed by atoms with E-state index < -0.39 is 0 Å². The number of methoxy groups -OCH3 is 2. The van der Waals surface area contributed by atoms with E-state index in [0.29, 0.717) is 34.7 Å². The molecule has 0 saturated heterocycles. The van der Waals surface area contributed by atoms with Crippen LogP contribution in [-0.4, -0.2) is 49.0 Å². The number of hydrogen-bond donors (Lipinski definition) is 1. The highest BCUT2D eigenvalue weighted by Crippen LogP contribution is 2.27. The van der Waals surface area contributed by atoms with Crippen LogP contribution >= 0.6 is 11.3 Å². The van der Waals surface area contributed by atoms with E-state index in [0.717, 1.165) is 12.8 Å². The van der Waals surface area contributed by atoms with E-state index in [4.69, 9.17) is 9.47 Å². The molecule has 1 N–H and O–H groups in total. The Labute approximate surface area is 175 Å². The van der Waals surface area contributed by atoms with Crippen molar-refractivity contribution in [2.24, 2.45) is 5.92 Å². The number of rotatable bonds is 8. The Hall–Kier alpha value is -2.61. The van der Waals surface area contributed by atoms with Crippen LogP contribution in [0.1, 0.15) is 42.5 Å². The molecule has 1 aromatic heterocycles. The van der Waals surface area contributed by atoms with Crippen molar-refractivity contribution < 1.29 is 19.1 Å². The molecule has 0 aliphatic heterocycles. The zero-order valence-electron chi connectivity index (χ0n) is 16.8. The summed E-state index contributed by atoms with van der Waals surface area (Å²) in [7, 11) is 3.09. The molecule has 0 spiro atoms. The monoisotopic (exact) mass is 417 g/mol. The van der Waals surface area contributed by atoms with E-state index in [2.05, 4.69) is 10.3 Å². The quantitative estimate of drug-likeness (QED) is 0.706. The lowest BCUT2D eigenvalue weighted by Gasteiger charge is -2.29. The van der Waals surface area contributed by atoms with Gasteiger partial charge in [-0.2, -0.15) is 0 Å². The maximum atomic E-state index is 13.3. The van der Waals surface area contributed by atoms with E-state index in [1.807, 2.05) is 0 Å². The predicted molar refractivity (Wildman–Crippen MR) is 113 cm³/mol. The molecule has 156 valence electrons. The third-order valence-electron chi connectivity index (χ3n) is 5.10. The van der Waals surface area contributed by atoms with Crippen molar-refractivity contribution in [2.75, 3.05) is 32.6 Å². The average Bonchev–Trinajstić information content (AvgIpc) is 3.25. The topological polar surface area (TPSA) is 80.8 Å². The Morgan fingerprint density at radius 2 is 1.83 bits per heavy atom. The van der Waals surface area contributed by atoms with E-state index in [1.54, 1.807) is 48.9 Å². The summed E-state index contributed by atoms with van der Waals surface area (Å²) in [5.41, 5.74) is 0.444. The van der Waals surface area contributed by atoms with Crippen molar-refractivity contribution in [3.63, 3.8) is 0 Å². The molecule has 1 fully saturated rings.